The fourth-order valence-electron chi connectivity index (χ4n) is 1.43. The van der Waals surface area contributed by atoms with Gasteiger partial charge in [-0.15, -0.1) is 0 Å². The molecule has 0 unspecified atom stereocenters. The molecule has 2 aromatic rings. The van der Waals surface area contributed by atoms with Crippen molar-refractivity contribution in [1.82, 2.24) is 9.78 Å². The molecular formula is C13H16F2N2. The molecule has 0 atom stereocenters. The number of hydrogen-bond donors (Lipinski definition) is 0. The molecule has 1 heterocycles. The second-order valence-electron chi connectivity index (χ2n) is 3.48. The molecule has 0 radical (unpaired) electrons. The summed E-state index contributed by atoms with van der Waals surface area (Å²) in [5.41, 5.74) is 1.13. The number of nitrogens with zero attached hydrogens (tertiary/aromatic N) is 2. The van der Waals surface area contributed by atoms with Gasteiger partial charge in [-0.3, -0.25) is 4.68 Å². The van der Waals surface area contributed by atoms with Crippen molar-refractivity contribution in [3.05, 3.63) is 41.7 Å². The molecule has 1 aromatic carbocycles. The van der Waals surface area contributed by atoms with Crippen molar-refractivity contribution < 1.29 is 8.78 Å². The number of halogens is 2. The van der Waals surface area contributed by atoms with Gasteiger partial charge in [-0.05, 0) is 24.6 Å². The maximum atomic E-state index is 13.5. The molecule has 2 nitrogen and oxygen atoms in total. The third-order valence-corrected chi connectivity index (χ3v) is 2.26. The Balaban J connectivity index is 0.000000686. The van der Waals surface area contributed by atoms with Crippen LogP contribution in [0.2, 0.25) is 0 Å². The van der Waals surface area contributed by atoms with Crippen LogP contribution in [-0.2, 0) is 7.05 Å². The van der Waals surface area contributed by atoms with Crippen molar-refractivity contribution in [2.75, 3.05) is 0 Å². The highest BCUT2D eigenvalue weighted by Gasteiger charge is 2.10. The first-order valence-electron chi connectivity index (χ1n) is 5.52. The minimum atomic E-state index is -0.429. The summed E-state index contributed by atoms with van der Waals surface area (Å²) in [7, 11) is 1.73. The van der Waals surface area contributed by atoms with Crippen molar-refractivity contribution in [2.45, 2.75) is 20.8 Å². The van der Waals surface area contributed by atoms with E-state index in [2.05, 4.69) is 5.10 Å². The Kier molecular flexibility index (Phi) is 4.37. The molecule has 0 aliphatic carbocycles. The maximum absolute atomic E-state index is 13.5. The average molecular weight is 238 g/mol. The first kappa shape index (κ1) is 13.4. The van der Waals surface area contributed by atoms with Crippen molar-refractivity contribution >= 4 is 0 Å². The molecule has 0 amide bonds. The van der Waals surface area contributed by atoms with Gasteiger partial charge < -0.3 is 0 Å². The largest absolute Gasteiger partial charge is 0.275 e. The van der Waals surface area contributed by atoms with E-state index in [1.165, 1.54) is 25.3 Å². The van der Waals surface area contributed by atoms with Crippen molar-refractivity contribution in [3.8, 4) is 11.1 Å². The number of hydrogen-bond acceptors (Lipinski definition) is 1. The van der Waals surface area contributed by atoms with E-state index < -0.39 is 11.6 Å². The van der Waals surface area contributed by atoms with Gasteiger partial charge in [0.25, 0.3) is 0 Å². The fourth-order valence-corrected chi connectivity index (χ4v) is 1.43. The predicted octanol–water partition coefficient (Wildman–Crippen LogP) is 3.70. The van der Waals surface area contributed by atoms with Gasteiger partial charge in [-0.2, -0.15) is 5.10 Å². The van der Waals surface area contributed by atoms with Gasteiger partial charge in [0.1, 0.15) is 11.6 Å². The first-order valence-corrected chi connectivity index (χ1v) is 5.52. The Labute approximate surface area is 99.9 Å². The second kappa shape index (κ2) is 5.57. The normalized spacial score (nSPS) is 9.76. The minimum absolute atomic E-state index is 0.242. The lowest BCUT2D eigenvalue weighted by Crippen LogP contribution is -1.89. The number of aromatic nitrogens is 2. The molecule has 0 N–H and O–H groups in total. The quantitative estimate of drug-likeness (QED) is 0.740. The van der Waals surface area contributed by atoms with Crippen LogP contribution < -0.4 is 0 Å². The lowest BCUT2D eigenvalue weighted by Gasteiger charge is -2.02. The van der Waals surface area contributed by atoms with E-state index in [0.717, 1.165) is 0 Å². The first-order chi connectivity index (χ1) is 8.08. The van der Waals surface area contributed by atoms with Crippen LogP contribution in [0.25, 0.3) is 11.1 Å². The van der Waals surface area contributed by atoms with Crippen LogP contribution in [0.15, 0.2) is 24.5 Å². The zero-order valence-corrected chi connectivity index (χ0v) is 10.5. The highest BCUT2D eigenvalue weighted by molar-refractivity contribution is 5.63. The van der Waals surface area contributed by atoms with Crippen LogP contribution >= 0.6 is 0 Å². The van der Waals surface area contributed by atoms with Gasteiger partial charge in [0.15, 0.2) is 0 Å². The van der Waals surface area contributed by atoms with E-state index in [4.69, 9.17) is 0 Å². The van der Waals surface area contributed by atoms with Crippen molar-refractivity contribution in [3.63, 3.8) is 0 Å². The topological polar surface area (TPSA) is 17.8 Å². The summed E-state index contributed by atoms with van der Waals surface area (Å²) in [6.45, 7) is 5.53. The number of aryl methyl sites for hydroxylation is 2. The summed E-state index contributed by atoms with van der Waals surface area (Å²) in [6.07, 6.45) is 3.15. The zero-order chi connectivity index (χ0) is 13.0. The highest BCUT2D eigenvalue weighted by atomic mass is 19.1. The monoisotopic (exact) mass is 238 g/mol. The summed E-state index contributed by atoms with van der Waals surface area (Å²) in [4.78, 5) is 0. The van der Waals surface area contributed by atoms with Gasteiger partial charge in [0, 0.05) is 24.4 Å². The van der Waals surface area contributed by atoms with Crippen LogP contribution in [0.4, 0.5) is 8.78 Å². The molecule has 0 spiro atoms. The molecule has 0 saturated heterocycles. The predicted molar refractivity (Wildman–Crippen MR) is 64.6 cm³/mol. The third kappa shape index (κ3) is 2.90. The van der Waals surface area contributed by atoms with Gasteiger partial charge in [0.2, 0.25) is 0 Å². The molecule has 17 heavy (non-hydrogen) atoms. The molecule has 0 fully saturated rings. The zero-order valence-electron chi connectivity index (χ0n) is 10.5. The van der Waals surface area contributed by atoms with Gasteiger partial charge in [-0.1, -0.05) is 13.8 Å². The van der Waals surface area contributed by atoms with E-state index in [9.17, 15) is 8.78 Å². The maximum Gasteiger partial charge on any atom is 0.131 e. The van der Waals surface area contributed by atoms with Crippen LogP contribution in [-0.4, -0.2) is 9.78 Å². The van der Waals surface area contributed by atoms with E-state index in [1.807, 2.05) is 13.8 Å². The number of benzene rings is 1. The van der Waals surface area contributed by atoms with Crippen LogP contribution in [0.5, 0.6) is 0 Å². The van der Waals surface area contributed by atoms with E-state index >= 15 is 0 Å². The van der Waals surface area contributed by atoms with E-state index in [1.54, 1.807) is 17.9 Å². The van der Waals surface area contributed by atoms with Crippen molar-refractivity contribution in [2.24, 2.45) is 7.05 Å². The Morgan fingerprint density at radius 3 is 2.29 bits per heavy atom. The molecule has 0 aliphatic rings. The van der Waals surface area contributed by atoms with E-state index in [-0.39, 0.29) is 5.56 Å². The molecule has 4 heteroatoms. The Morgan fingerprint density at radius 2 is 1.76 bits per heavy atom. The third-order valence-electron chi connectivity index (χ3n) is 2.26. The summed E-state index contributed by atoms with van der Waals surface area (Å²) in [5.74, 6) is -0.836. The number of rotatable bonds is 1. The van der Waals surface area contributed by atoms with Crippen molar-refractivity contribution in [1.29, 1.82) is 0 Å². The van der Waals surface area contributed by atoms with Crippen LogP contribution in [0.1, 0.15) is 19.4 Å². The minimum Gasteiger partial charge on any atom is -0.275 e. The smallest absolute Gasteiger partial charge is 0.131 e. The fraction of sp³-hybridized carbons (Fsp3) is 0.308. The molecule has 0 aliphatic heterocycles. The Hall–Kier alpha value is -1.71. The molecule has 2 rings (SSSR count). The van der Waals surface area contributed by atoms with Crippen LogP contribution in [0.3, 0.4) is 0 Å². The summed E-state index contributed by atoms with van der Waals surface area (Å²) in [6, 6.07) is 2.39. The van der Waals surface area contributed by atoms with E-state index in [0.29, 0.717) is 11.1 Å². The standard InChI is InChI=1S/C11H10F2N2.C2H6/c1-7-3-11(13)9(4-10(7)12)8-5-14-15(2)6-8;1-2/h3-6H,1-2H3;1-2H3. The highest BCUT2D eigenvalue weighted by Crippen LogP contribution is 2.24. The van der Waals surface area contributed by atoms with Gasteiger partial charge in [-0.25, -0.2) is 8.78 Å². The molecule has 0 bridgehead atoms. The lowest BCUT2D eigenvalue weighted by atomic mass is 10.1. The lowest BCUT2D eigenvalue weighted by molar-refractivity contribution is 0.595. The molecule has 92 valence electrons. The summed E-state index contributed by atoms with van der Waals surface area (Å²) < 4.78 is 28.3. The van der Waals surface area contributed by atoms with Gasteiger partial charge in [0.05, 0.1) is 6.20 Å². The summed E-state index contributed by atoms with van der Waals surface area (Å²) in [5, 5.41) is 3.91. The van der Waals surface area contributed by atoms with Gasteiger partial charge >= 0.3 is 0 Å². The average Bonchev–Trinajstić information content (AvgIpc) is 2.73. The molecule has 1 aromatic heterocycles. The second-order valence-corrected chi connectivity index (χ2v) is 3.48. The summed E-state index contributed by atoms with van der Waals surface area (Å²) >= 11 is 0. The molecular weight excluding hydrogens is 222 g/mol. The Morgan fingerprint density at radius 1 is 1.12 bits per heavy atom. The van der Waals surface area contributed by atoms with Crippen LogP contribution in [0, 0.1) is 18.6 Å². The SMILES string of the molecule is CC.Cc1cc(F)c(-c2cnn(C)c2)cc1F. The Bertz CT molecular complexity index is 504. The molecule has 0 saturated carbocycles.